The third-order valence-electron chi connectivity index (χ3n) is 2.62. The van der Waals surface area contributed by atoms with Crippen LogP contribution in [0.3, 0.4) is 0 Å². The first-order valence-electron chi connectivity index (χ1n) is 5.49. The Bertz CT molecular complexity index is 637. The molecular weight excluding hydrogens is 246 g/mol. The minimum absolute atomic E-state index is 0.0408. The monoisotopic (exact) mass is 257 g/mol. The second-order valence-corrected chi connectivity index (χ2v) is 3.79. The molecule has 0 fully saturated rings. The van der Waals surface area contributed by atoms with Gasteiger partial charge >= 0.3 is 5.97 Å². The SMILES string of the molecule is COc1ccc(-c2cccc(C(=O)O)n2)cc1C=O. The summed E-state index contributed by atoms with van der Waals surface area (Å²) in [6.07, 6.45) is 0.684. The van der Waals surface area contributed by atoms with E-state index in [1.54, 1.807) is 30.3 Å². The van der Waals surface area contributed by atoms with Crippen LogP contribution in [0.15, 0.2) is 36.4 Å². The zero-order chi connectivity index (χ0) is 13.8. The Labute approximate surface area is 109 Å². The number of carboxylic acid groups (broad SMARTS) is 1. The van der Waals surface area contributed by atoms with Gasteiger partial charge in [-0.3, -0.25) is 4.79 Å². The van der Waals surface area contributed by atoms with Gasteiger partial charge in [0, 0.05) is 5.56 Å². The molecule has 0 saturated carbocycles. The lowest BCUT2D eigenvalue weighted by Gasteiger charge is -2.06. The van der Waals surface area contributed by atoms with E-state index in [2.05, 4.69) is 4.98 Å². The molecule has 0 aliphatic heterocycles. The number of benzene rings is 1. The van der Waals surface area contributed by atoms with Gasteiger partial charge in [0.05, 0.1) is 18.4 Å². The van der Waals surface area contributed by atoms with E-state index in [0.29, 0.717) is 28.9 Å². The number of carboxylic acids is 1. The van der Waals surface area contributed by atoms with E-state index in [1.165, 1.54) is 13.2 Å². The van der Waals surface area contributed by atoms with Crippen LogP contribution in [0.1, 0.15) is 20.8 Å². The Morgan fingerprint density at radius 2 is 2.11 bits per heavy atom. The number of pyridine rings is 1. The van der Waals surface area contributed by atoms with Crippen molar-refractivity contribution in [2.45, 2.75) is 0 Å². The number of carbonyl (C=O) groups excluding carboxylic acids is 1. The first-order chi connectivity index (χ1) is 9.15. The van der Waals surface area contributed by atoms with Gasteiger partial charge in [0.25, 0.3) is 0 Å². The Morgan fingerprint density at radius 3 is 2.74 bits per heavy atom. The number of hydrogen-bond donors (Lipinski definition) is 1. The van der Waals surface area contributed by atoms with Gasteiger partial charge in [-0.2, -0.15) is 0 Å². The molecule has 0 saturated heterocycles. The van der Waals surface area contributed by atoms with Crippen LogP contribution in [-0.2, 0) is 0 Å². The Hall–Kier alpha value is -2.69. The molecule has 1 heterocycles. The normalized spacial score (nSPS) is 9.95. The van der Waals surface area contributed by atoms with Crippen LogP contribution in [0.5, 0.6) is 5.75 Å². The molecule has 5 nitrogen and oxygen atoms in total. The van der Waals surface area contributed by atoms with Gasteiger partial charge in [0.2, 0.25) is 0 Å². The topological polar surface area (TPSA) is 76.5 Å². The molecule has 0 aliphatic rings. The molecule has 2 rings (SSSR count). The molecule has 0 radical (unpaired) electrons. The van der Waals surface area contributed by atoms with Gasteiger partial charge in [-0.1, -0.05) is 6.07 Å². The van der Waals surface area contributed by atoms with Gasteiger partial charge in [-0.15, -0.1) is 0 Å². The van der Waals surface area contributed by atoms with Crippen molar-refractivity contribution in [1.82, 2.24) is 4.98 Å². The van der Waals surface area contributed by atoms with Crippen LogP contribution in [0.4, 0.5) is 0 Å². The summed E-state index contributed by atoms with van der Waals surface area (Å²) in [5.74, 6) is -0.626. The fraction of sp³-hybridized carbons (Fsp3) is 0.0714. The minimum Gasteiger partial charge on any atom is -0.496 e. The molecule has 0 spiro atoms. The molecular formula is C14H11NO4. The minimum atomic E-state index is -1.09. The number of aromatic carboxylic acids is 1. The van der Waals surface area contributed by atoms with Crippen LogP contribution >= 0.6 is 0 Å². The number of nitrogens with zero attached hydrogens (tertiary/aromatic N) is 1. The highest BCUT2D eigenvalue weighted by Crippen LogP contribution is 2.24. The van der Waals surface area contributed by atoms with E-state index < -0.39 is 5.97 Å². The summed E-state index contributed by atoms with van der Waals surface area (Å²) in [5.41, 5.74) is 1.50. The molecule has 96 valence electrons. The summed E-state index contributed by atoms with van der Waals surface area (Å²) >= 11 is 0. The summed E-state index contributed by atoms with van der Waals surface area (Å²) in [6.45, 7) is 0. The van der Waals surface area contributed by atoms with Gasteiger partial charge in [0.15, 0.2) is 6.29 Å². The van der Waals surface area contributed by atoms with Crippen molar-refractivity contribution in [2.75, 3.05) is 7.11 Å². The second-order valence-electron chi connectivity index (χ2n) is 3.79. The van der Waals surface area contributed by atoms with Gasteiger partial charge < -0.3 is 9.84 Å². The zero-order valence-electron chi connectivity index (χ0n) is 10.2. The smallest absolute Gasteiger partial charge is 0.354 e. The summed E-state index contributed by atoms with van der Waals surface area (Å²) in [6, 6.07) is 9.68. The summed E-state index contributed by atoms with van der Waals surface area (Å²) in [4.78, 5) is 25.8. The number of rotatable bonds is 4. The lowest BCUT2D eigenvalue weighted by Crippen LogP contribution is -2.00. The van der Waals surface area contributed by atoms with Crippen molar-refractivity contribution in [3.8, 4) is 17.0 Å². The lowest BCUT2D eigenvalue weighted by atomic mass is 10.1. The first-order valence-corrected chi connectivity index (χ1v) is 5.49. The third kappa shape index (κ3) is 2.60. The highest BCUT2D eigenvalue weighted by Gasteiger charge is 2.09. The number of ether oxygens (including phenoxy) is 1. The van der Waals surface area contributed by atoms with Crippen LogP contribution in [0.2, 0.25) is 0 Å². The van der Waals surface area contributed by atoms with Crippen molar-refractivity contribution >= 4 is 12.3 Å². The number of aldehydes is 1. The number of aromatic nitrogens is 1. The zero-order valence-corrected chi connectivity index (χ0v) is 10.2. The maximum Gasteiger partial charge on any atom is 0.354 e. The van der Waals surface area contributed by atoms with E-state index in [9.17, 15) is 9.59 Å². The van der Waals surface area contributed by atoms with Gasteiger partial charge in [-0.25, -0.2) is 9.78 Å². The average molecular weight is 257 g/mol. The molecule has 0 amide bonds. The molecule has 5 heteroatoms. The largest absolute Gasteiger partial charge is 0.496 e. The predicted molar refractivity (Wildman–Crippen MR) is 68.6 cm³/mol. The molecule has 0 aliphatic carbocycles. The summed E-state index contributed by atoms with van der Waals surface area (Å²) in [5, 5.41) is 8.90. The fourth-order valence-electron chi connectivity index (χ4n) is 1.70. The molecule has 0 atom stereocenters. The average Bonchev–Trinajstić information content (AvgIpc) is 2.46. The summed E-state index contributed by atoms with van der Waals surface area (Å²) in [7, 11) is 1.48. The van der Waals surface area contributed by atoms with E-state index in [4.69, 9.17) is 9.84 Å². The van der Waals surface area contributed by atoms with E-state index in [-0.39, 0.29) is 5.69 Å². The maximum absolute atomic E-state index is 11.0. The quantitative estimate of drug-likeness (QED) is 0.850. The second kappa shape index (κ2) is 5.30. The van der Waals surface area contributed by atoms with Crippen molar-refractivity contribution in [3.05, 3.63) is 47.7 Å². The molecule has 1 aromatic carbocycles. The number of hydrogen-bond acceptors (Lipinski definition) is 4. The summed E-state index contributed by atoms with van der Waals surface area (Å²) < 4.78 is 5.04. The van der Waals surface area contributed by atoms with Crippen LogP contribution in [0, 0.1) is 0 Å². The Morgan fingerprint density at radius 1 is 1.32 bits per heavy atom. The van der Waals surface area contributed by atoms with Crippen LogP contribution < -0.4 is 4.74 Å². The molecule has 19 heavy (non-hydrogen) atoms. The predicted octanol–water partition coefficient (Wildman–Crippen LogP) is 2.27. The van der Waals surface area contributed by atoms with E-state index in [1.807, 2.05) is 0 Å². The maximum atomic E-state index is 11.0. The molecule has 0 unspecified atom stereocenters. The van der Waals surface area contributed by atoms with Crippen LogP contribution in [0.25, 0.3) is 11.3 Å². The Kier molecular flexibility index (Phi) is 3.56. The van der Waals surface area contributed by atoms with Gasteiger partial charge in [0.1, 0.15) is 11.4 Å². The van der Waals surface area contributed by atoms with Crippen molar-refractivity contribution < 1.29 is 19.4 Å². The first kappa shape index (κ1) is 12.8. The van der Waals surface area contributed by atoms with E-state index >= 15 is 0 Å². The van der Waals surface area contributed by atoms with Crippen molar-refractivity contribution in [1.29, 1.82) is 0 Å². The third-order valence-corrected chi connectivity index (χ3v) is 2.62. The molecule has 1 N–H and O–H groups in total. The fourth-order valence-corrected chi connectivity index (χ4v) is 1.70. The molecule has 0 bridgehead atoms. The molecule has 1 aromatic heterocycles. The molecule has 2 aromatic rings. The number of methoxy groups -OCH3 is 1. The lowest BCUT2D eigenvalue weighted by molar-refractivity contribution is 0.0690. The standard InChI is InChI=1S/C14H11NO4/c1-19-13-6-5-9(7-10(13)8-16)11-3-2-4-12(15-11)14(17)18/h2-8H,1H3,(H,17,18). The van der Waals surface area contributed by atoms with Gasteiger partial charge in [-0.05, 0) is 30.3 Å². The number of carbonyl (C=O) groups is 2. The highest BCUT2D eigenvalue weighted by atomic mass is 16.5. The van der Waals surface area contributed by atoms with Crippen molar-refractivity contribution in [2.24, 2.45) is 0 Å². The van der Waals surface area contributed by atoms with Crippen LogP contribution in [-0.4, -0.2) is 29.5 Å². The highest BCUT2D eigenvalue weighted by molar-refractivity contribution is 5.86. The Balaban J connectivity index is 2.50. The van der Waals surface area contributed by atoms with E-state index in [0.717, 1.165) is 0 Å². The van der Waals surface area contributed by atoms with Crippen molar-refractivity contribution in [3.63, 3.8) is 0 Å².